The Bertz CT molecular complexity index is 514. The maximum Gasteiger partial charge on any atom is 0.0293 e. The van der Waals surface area contributed by atoms with E-state index in [4.69, 9.17) is 0 Å². The Morgan fingerprint density at radius 2 is 1.75 bits per heavy atom. The summed E-state index contributed by atoms with van der Waals surface area (Å²) < 4.78 is 2.25. The molecule has 2 rings (SSSR count). The number of aromatic nitrogens is 3. The van der Waals surface area contributed by atoms with Crippen LogP contribution in [0.2, 0.25) is 0 Å². The first-order valence-corrected chi connectivity index (χ1v) is 5.25. The summed E-state index contributed by atoms with van der Waals surface area (Å²) in [6, 6.07) is 0.420. The van der Waals surface area contributed by atoms with Gasteiger partial charge in [0.25, 0.3) is 0 Å². The molecule has 3 nitrogen and oxygen atoms in total. The Labute approximate surface area is 109 Å². The summed E-state index contributed by atoms with van der Waals surface area (Å²) in [4.78, 5) is 8.40. The molecule has 2 heterocycles. The molecule has 0 fully saturated rings. The molecule has 2 aromatic heterocycles. The zero-order valence-electron chi connectivity index (χ0n) is 10.3. The summed E-state index contributed by atoms with van der Waals surface area (Å²) in [5.41, 5.74) is 4.58. The van der Waals surface area contributed by atoms with Crippen LogP contribution in [0.4, 0.5) is 0 Å². The Morgan fingerprint density at radius 1 is 1.12 bits per heavy atom. The maximum atomic E-state index is 4.27. The summed E-state index contributed by atoms with van der Waals surface area (Å²) in [5.74, 6) is 0. The Morgan fingerprint density at radius 3 is 2.31 bits per heavy atom. The van der Waals surface area contributed by atoms with Crippen molar-refractivity contribution >= 4 is 11.0 Å². The van der Waals surface area contributed by atoms with Crippen LogP contribution in [0, 0.1) is 27.1 Å². The first-order valence-electron chi connectivity index (χ1n) is 5.25. The molecule has 16 heavy (non-hydrogen) atoms. The topological polar surface area (TPSA) is 30.7 Å². The van der Waals surface area contributed by atoms with Crippen LogP contribution in [0.3, 0.4) is 0 Å². The van der Waals surface area contributed by atoms with Crippen molar-refractivity contribution in [3.63, 3.8) is 0 Å². The minimum Gasteiger partial charge on any atom is -0.380 e. The van der Waals surface area contributed by atoms with E-state index in [0.29, 0.717) is 6.04 Å². The van der Waals surface area contributed by atoms with Crippen LogP contribution in [0.25, 0.3) is 11.0 Å². The van der Waals surface area contributed by atoms with Crippen molar-refractivity contribution < 1.29 is 19.5 Å². The number of nitrogens with zero attached hydrogens (tertiary/aromatic N) is 3. The van der Waals surface area contributed by atoms with E-state index in [0.717, 1.165) is 11.3 Å². The van der Waals surface area contributed by atoms with Gasteiger partial charge >= 0.3 is 0 Å². The van der Waals surface area contributed by atoms with Gasteiger partial charge in [-0.15, -0.1) is 0 Å². The van der Waals surface area contributed by atoms with Crippen molar-refractivity contribution in [2.24, 2.45) is 0 Å². The normalized spacial score (nSPS) is 10.9. The number of fused-ring (bicyclic) bond motifs is 1. The zero-order valence-corrected chi connectivity index (χ0v) is 11.9. The van der Waals surface area contributed by atoms with Crippen LogP contribution >= 0.6 is 0 Å². The fourth-order valence-electron chi connectivity index (χ4n) is 2.19. The van der Waals surface area contributed by atoms with Crippen molar-refractivity contribution in [1.82, 2.24) is 14.5 Å². The van der Waals surface area contributed by atoms with Gasteiger partial charge in [-0.25, -0.2) is 0 Å². The second kappa shape index (κ2) is 4.62. The fourth-order valence-corrected chi connectivity index (χ4v) is 2.19. The zero-order chi connectivity index (χ0) is 11.2. The molecule has 0 aliphatic carbocycles. The van der Waals surface area contributed by atoms with E-state index >= 15 is 0 Å². The van der Waals surface area contributed by atoms with Gasteiger partial charge in [-0.1, -0.05) is 18.0 Å². The van der Waals surface area contributed by atoms with E-state index < -0.39 is 0 Å². The van der Waals surface area contributed by atoms with Gasteiger partial charge in [0.2, 0.25) is 0 Å². The van der Waals surface area contributed by atoms with Gasteiger partial charge in [-0.3, -0.25) is 0 Å². The summed E-state index contributed by atoms with van der Waals surface area (Å²) in [5, 5.41) is 1.18. The van der Waals surface area contributed by atoms with Crippen LogP contribution in [-0.2, 0) is 19.5 Å². The first-order chi connectivity index (χ1) is 7.04. The van der Waals surface area contributed by atoms with Gasteiger partial charge in [-0.2, -0.15) is 0 Å². The first kappa shape index (κ1) is 13.3. The SMILES string of the molecule is Cc1n[c-]nc2c1c(C)c(C)n2C(C)C.[Rh]. The number of aryl methyl sites for hydroxylation is 2. The van der Waals surface area contributed by atoms with Gasteiger partial charge in [0.1, 0.15) is 0 Å². The predicted molar refractivity (Wildman–Crippen MR) is 61.0 cm³/mol. The van der Waals surface area contributed by atoms with Gasteiger partial charge < -0.3 is 14.5 Å². The van der Waals surface area contributed by atoms with Crippen molar-refractivity contribution in [3.8, 4) is 0 Å². The second-order valence-electron chi connectivity index (χ2n) is 4.28. The minimum atomic E-state index is 0. The molecule has 4 heteroatoms. The molecule has 0 amide bonds. The van der Waals surface area contributed by atoms with Crippen LogP contribution < -0.4 is 0 Å². The molecule has 0 saturated heterocycles. The minimum absolute atomic E-state index is 0. The average Bonchev–Trinajstić information content (AvgIpc) is 2.41. The van der Waals surface area contributed by atoms with E-state index in [2.05, 4.69) is 48.6 Å². The molecule has 0 atom stereocenters. The number of hydrogen-bond donors (Lipinski definition) is 0. The summed E-state index contributed by atoms with van der Waals surface area (Å²) in [6.45, 7) is 10.6. The van der Waals surface area contributed by atoms with Crippen molar-refractivity contribution in [2.75, 3.05) is 0 Å². The van der Waals surface area contributed by atoms with Crippen molar-refractivity contribution in [1.29, 1.82) is 0 Å². The molecule has 0 saturated carbocycles. The maximum absolute atomic E-state index is 4.27. The summed E-state index contributed by atoms with van der Waals surface area (Å²) in [6.07, 6.45) is 2.72. The standard InChI is InChI=1S/C12H16N3.Rh/c1-7(2)15-10(5)8(3)11-9(4)13-6-14-12(11)15;/h7H,1-5H3;/q-1;. The molecule has 0 N–H and O–H groups in total. The summed E-state index contributed by atoms with van der Waals surface area (Å²) >= 11 is 0. The Kier molecular flexibility index (Phi) is 3.85. The third-order valence-corrected chi connectivity index (χ3v) is 2.98. The Hall–Kier alpha value is -0.757. The van der Waals surface area contributed by atoms with Gasteiger partial charge in [0.15, 0.2) is 0 Å². The van der Waals surface area contributed by atoms with E-state index in [1.165, 1.54) is 16.6 Å². The average molecular weight is 305 g/mol. The monoisotopic (exact) mass is 305 g/mol. The van der Waals surface area contributed by atoms with E-state index in [-0.39, 0.29) is 19.5 Å². The molecule has 0 aliphatic rings. The Balaban J connectivity index is 0.00000128. The van der Waals surface area contributed by atoms with E-state index in [1.54, 1.807) is 0 Å². The molecular formula is C12H16N3Rh-. The molecule has 0 bridgehead atoms. The molecule has 0 spiro atoms. The van der Waals surface area contributed by atoms with Crippen LogP contribution in [0.15, 0.2) is 0 Å². The molecular weight excluding hydrogens is 289 g/mol. The smallest absolute Gasteiger partial charge is 0.0293 e. The van der Waals surface area contributed by atoms with Crippen LogP contribution in [-0.4, -0.2) is 14.5 Å². The third kappa shape index (κ3) is 1.80. The quantitative estimate of drug-likeness (QED) is 0.599. The van der Waals surface area contributed by atoms with Gasteiger partial charge in [-0.05, 0) is 33.3 Å². The molecule has 89 valence electrons. The van der Waals surface area contributed by atoms with Crippen LogP contribution in [0.5, 0.6) is 0 Å². The van der Waals surface area contributed by atoms with E-state index in [9.17, 15) is 0 Å². The molecule has 0 aliphatic heterocycles. The molecule has 0 unspecified atom stereocenters. The van der Waals surface area contributed by atoms with Crippen LogP contribution in [0.1, 0.15) is 36.8 Å². The number of rotatable bonds is 1. The molecule has 1 radical (unpaired) electrons. The largest absolute Gasteiger partial charge is 0.380 e. The molecule has 0 aromatic carbocycles. The second-order valence-corrected chi connectivity index (χ2v) is 4.28. The van der Waals surface area contributed by atoms with E-state index in [1.807, 2.05) is 6.92 Å². The number of hydrogen-bond acceptors (Lipinski definition) is 2. The van der Waals surface area contributed by atoms with Gasteiger partial charge in [0.05, 0.1) is 0 Å². The third-order valence-electron chi connectivity index (χ3n) is 2.98. The van der Waals surface area contributed by atoms with Crippen molar-refractivity contribution in [2.45, 2.75) is 40.7 Å². The fraction of sp³-hybridized carbons (Fsp3) is 0.500. The molecule has 2 aromatic rings. The summed E-state index contributed by atoms with van der Waals surface area (Å²) in [7, 11) is 0. The van der Waals surface area contributed by atoms with Crippen molar-refractivity contribution in [3.05, 3.63) is 23.3 Å². The van der Waals surface area contributed by atoms with Gasteiger partial charge in [0, 0.05) is 43.2 Å². The predicted octanol–water partition coefficient (Wildman–Crippen LogP) is 2.74.